The predicted octanol–water partition coefficient (Wildman–Crippen LogP) is 2.25. The number of ether oxygens (including phenoxy) is 1. The number of phenols is 1. The van der Waals surface area contributed by atoms with Crippen molar-refractivity contribution in [3.05, 3.63) is 23.3 Å². The molecule has 1 atom stereocenters. The summed E-state index contributed by atoms with van der Waals surface area (Å²) in [5.74, 6) is 1.56. The molecule has 2 rings (SSSR count). The molecule has 1 aliphatic heterocycles. The predicted molar refractivity (Wildman–Crippen MR) is 68.7 cm³/mol. The molecule has 0 amide bonds. The van der Waals surface area contributed by atoms with Crippen LogP contribution in [0.25, 0.3) is 0 Å². The van der Waals surface area contributed by atoms with Crippen molar-refractivity contribution >= 4 is 0 Å². The Balaban J connectivity index is 2.15. The molecule has 1 aromatic carbocycles. The van der Waals surface area contributed by atoms with Crippen molar-refractivity contribution in [2.24, 2.45) is 5.92 Å². The highest BCUT2D eigenvalue weighted by Gasteiger charge is 2.17. The minimum atomic E-state index is 0.318. The molecule has 1 aliphatic rings. The van der Waals surface area contributed by atoms with Crippen LogP contribution in [0.3, 0.4) is 0 Å². The summed E-state index contributed by atoms with van der Waals surface area (Å²) >= 11 is 0. The van der Waals surface area contributed by atoms with Crippen LogP contribution >= 0.6 is 0 Å². The van der Waals surface area contributed by atoms with Crippen LogP contribution in [0.2, 0.25) is 0 Å². The van der Waals surface area contributed by atoms with Gasteiger partial charge in [0.25, 0.3) is 0 Å². The van der Waals surface area contributed by atoms with Gasteiger partial charge >= 0.3 is 0 Å². The zero-order chi connectivity index (χ0) is 12.3. The van der Waals surface area contributed by atoms with Crippen molar-refractivity contribution in [3.8, 4) is 11.5 Å². The van der Waals surface area contributed by atoms with Crippen molar-refractivity contribution in [1.82, 2.24) is 5.32 Å². The number of hydrogen-bond acceptors (Lipinski definition) is 3. The lowest BCUT2D eigenvalue weighted by Crippen LogP contribution is -2.30. The standard InChI is InChI=1S/C14H21NO2/c1-10-5-6-12(13(16)14(10)17-2)8-11-4-3-7-15-9-11/h5-6,11,15-16H,3-4,7-9H2,1-2H3. The Morgan fingerprint density at radius 3 is 2.94 bits per heavy atom. The smallest absolute Gasteiger partial charge is 0.163 e. The fourth-order valence-corrected chi connectivity index (χ4v) is 2.54. The first-order valence-corrected chi connectivity index (χ1v) is 6.28. The van der Waals surface area contributed by atoms with Crippen molar-refractivity contribution in [3.63, 3.8) is 0 Å². The third kappa shape index (κ3) is 2.72. The molecule has 3 nitrogen and oxygen atoms in total. The summed E-state index contributed by atoms with van der Waals surface area (Å²) < 4.78 is 5.24. The molecule has 0 spiro atoms. The second-order valence-corrected chi connectivity index (χ2v) is 4.84. The van der Waals surface area contributed by atoms with Crippen LogP contribution < -0.4 is 10.1 Å². The first-order chi connectivity index (χ1) is 8.22. The van der Waals surface area contributed by atoms with E-state index in [0.717, 1.165) is 30.6 Å². The number of rotatable bonds is 3. The summed E-state index contributed by atoms with van der Waals surface area (Å²) in [6, 6.07) is 4.03. The van der Waals surface area contributed by atoms with E-state index in [2.05, 4.69) is 5.32 Å². The number of nitrogens with one attached hydrogen (secondary N) is 1. The Morgan fingerprint density at radius 2 is 2.29 bits per heavy atom. The Hall–Kier alpha value is -1.22. The molecular weight excluding hydrogens is 214 g/mol. The summed E-state index contributed by atoms with van der Waals surface area (Å²) in [6.45, 7) is 4.12. The number of aromatic hydroxyl groups is 1. The van der Waals surface area contributed by atoms with E-state index in [0.29, 0.717) is 17.4 Å². The summed E-state index contributed by atoms with van der Waals surface area (Å²) in [7, 11) is 1.61. The van der Waals surface area contributed by atoms with E-state index in [9.17, 15) is 5.11 Å². The molecule has 1 unspecified atom stereocenters. The van der Waals surface area contributed by atoms with E-state index in [1.807, 2.05) is 19.1 Å². The molecule has 1 aromatic rings. The third-order valence-corrected chi connectivity index (χ3v) is 3.52. The van der Waals surface area contributed by atoms with Crippen LogP contribution in [0.15, 0.2) is 12.1 Å². The molecule has 1 saturated heterocycles. The third-order valence-electron chi connectivity index (χ3n) is 3.52. The van der Waals surface area contributed by atoms with Gasteiger partial charge in [0.05, 0.1) is 7.11 Å². The Kier molecular flexibility index (Phi) is 3.89. The van der Waals surface area contributed by atoms with Crippen LogP contribution in [-0.4, -0.2) is 25.3 Å². The number of aryl methyl sites for hydroxylation is 1. The second-order valence-electron chi connectivity index (χ2n) is 4.84. The molecule has 3 heteroatoms. The minimum absolute atomic E-state index is 0.318. The lowest BCUT2D eigenvalue weighted by molar-refractivity contribution is 0.352. The van der Waals surface area contributed by atoms with E-state index < -0.39 is 0 Å². The number of methoxy groups -OCH3 is 1. The Bertz CT molecular complexity index is 384. The molecular formula is C14H21NO2. The van der Waals surface area contributed by atoms with E-state index in [1.165, 1.54) is 12.8 Å². The molecule has 0 saturated carbocycles. The second kappa shape index (κ2) is 5.41. The minimum Gasteiger partial charge on any atom is -0.504 e. The van der Waals surface area contributed by atoms with Gasteiger partial charge < -0.3 is 15.2 Å². The van der Waals surface area contributed by atoms with E-state index in [4.69, 9.17) is 4.74 Å². The zero-order valence-corrected chi connectivity index (χ0v) is 10.6. The number of benzene rings is 1. The van der Waals surface area contributed by atoms with Crippen LogP contribution in [0.4, 0.5) is 0 Å². The molecule has 2 N–H and O–H groups in total. The maximum Gasteiger partial charge on any atom is 0.163 e. The lowest BCUT2D eigenvalue weighted by Gasteiger charge is -2.23. The van der Waals surface area contributed by atoms with Gasteiger partial charge in [0, 0.05) is 0 Å². The molecule has 0 radical (unpaired) electrons. The van der Waals surface area contributed by atoms with Crippen LogP contribution in [-0.2, 0) is 6.42 Å². The summed E-state index contributed by atoms with van der Waals surface area (Å²) in [5.41, 5.74) is 1.98. The van der Waals surface area contributed by atoms with Gasteiger partial charge in [0.2, 0.25) is 0 Å². The van der Waals surface area contributed by atoms with Gasteiger partial charge in [-0.25, -0.2) is 0 Å². The normalized spacial score (nSPS) is 20.2. The van der Waals surface area contributed by atoms with Crippen LogP contribution in [0.5, 0.6) is 11.5 Å². The number of phenolic OH excluding ortho intramolecular Hbond substituents is 1. The Labute approximate surface area is 103 Å². The highest BCUT2D eigenvalue weighted by atomic mass is 16.5. The molecule has 1 heterocycles. The van der Waals surface area contributed by atoms with Crippen LogP contribution in [0.1, 0.15) is 24.0 Å². The highest BCUT2D eigenvalue weighted by molar-refractivity contribution is 5.50. The molecule has 0 aromatic heterocycles. The molecule has 1 fully saturated rings. The van der Waals surface area contributed by atoms with E-state index in [-0.39, 0.29) is 0 Å². The molecule has 94 valence electrons. The fourth-order valence-electron chi connectivity index (χ4n) is 2.54. The fraction of sp³-hybridized carbons (Fsp3) is 0.571. The molecule has 0 aliphatic carbocycles. The lowest BCUT2D eigenvalue weighted by atomic mass is 9.91. The number of piperidine rings is 1. The summed E-state index contributed by atoms with van der Waals surface area (Å²) in [5, 5.41) is 13.6. The van der Waals surface area contributed by atoms with Gasteiger partial charge in [-0.05, 0) is 56.3 Å². The Morgan fingerprint density at radius 1 is 1.47 bits per heavy atom. The number of hydrogen-bond donors (Lipinski definition) is 2. The SMILES string of the molecule is COc1c(C)ccc(CC2CCCNC2)c1O. The largest absolute Gasteiger partial charge is 0.504 e. The monoisotopic (exact) mass is 235 g/mol. The van der Waals surface area contributed by atoms with Crippen molar-refractivity contribution in [2.45, 2.75) is 26.2 Å². The molecule has 0 bridgehead atoms. The zero-order valence-electron chi connectivity index (χ0n) is 10.6. The van der Waals surface area contributed by atoms with Gasteiger partial charge in [0.1, 0.15) is 0 Å². The van der Waals surface area contributed by atoms with Gasteiger partial charge in [-0.15, -0.1) is 0 Å². The first-order valence-electron chi connectivity index (χ1n) is 6.28. The molecule has 17 heavy (non-hydrogen) atoms. The quantitative estimate of drug-likeness (QED) is 0.844. The maximum absolute atomic E-state index is 10.2. The van der Waals surface area contributed by atoms with Gasteiger partial charge in [0.15, 0.2) is 11.5 Å². The van der Waals surface area contributed by atoms with Gasteiger partial charge in [-0.2, -0.15) is 0 Å². The summed E-state index contributed by atoms with van der Waals surface area (Å²) in [6.07, 6.45) is 3.40. The average molecular weight is 235 g/mol. The first kappa shape index (κ1) is 12.2. The van der Waals surface area contributed by atoms with Crippen molar-refractivity contribution in [2.75, 3.05) is 20.2 Å². The average Bonchev–Trinajstić information content (AvgIpc) is 2.35. The van der Waals surface area contributed by atoms with Gasteiger partial charge in [-0.3, -0.25) is 0 Å². The highest BCUT2D eigenvalue weighted by Crippen LogP contribution is 2.35. The maximum atomic E-state index is 10.2. The van der Waals surface area contributed by atoms with Crippen molar-refractivity contribution in [1.29, 1.82) is 0 Å². The van der Waals surface area contributed by atoms with E-state index >= 15 is 0 Å². The van der Waals surface area contributed by atoms with Crippen molar-refractivity contribution < 1.29 is 9.84 Å². The summed E-state index contributed by atoms with van der Waals surface area (Å²) in [4.78, 5) is 0. The van der Waals surface area contributed by atoms with E-state index in [1.54, 1.807) is 7.11 Å². The van der Waals surface area contributed by atoms with Gasteiger partial charge in [-0.1, -0.05) is 12.1 Å². The topological polar surface area (TPSA) is 41.5 Å². The van der Waals surface area contributed by atoms with Crippen LogP contribution in [0, 0.1) is 12.8 Å².